The van der Waals surface area contributed by atoms with E-state index in [0.29, 0.717) is 58.7 Å². The predicted octanol–water partition coefficient (Wildman–Crippen LogP) is 4.53. The molecule has 0 aliphatic carbocycles. The molecule has 3 aromatic carbocycles. The second-order valence-corrected chi connectivity index (χ2v) is 8.16. The average Bonchev–Trinajstić information content (AvgIpc) is 2.75. The maximum Gasteiger partial charge on any atom is 0.307 e. The number of hydrogen-bond acceptors (Lipinski definition) is 3. The molecule has 0 bridgehead atoms. The summed E-state index contributed by atoms with van der Waals surface area (Å²) in [6.45, 7) is 4.09. The molecule has 4 rings (SSSR count). The van der Waals surface area contributed by atoms with Crippen LogP contribution in [0.15, 0.2) is 48.5 Å². The number of halogens is 2. The average molecular weight is 441 g/mol. The van der Waals surface area contributed by atoms with E-state index in [-0.39, 0.29) is 12.3 Å². The van der Waals surface area contributed by atoms with Crippen molar-refractivity contribution >= 4 is 39.9 Å². The van der Waals surface area contributed by atoms with Crippen molar-refractivity contribution in [3.05, 3.63) is 76.1 Å². The monoisotopic (exact) mass is 440 g/mol. The molecule has 1 aliphatic heterocycles. The van der Waals surface area contributed by atoms with Crippen LogP contribution in [0.1, 0.15) is 21.5 Å². The number of carbonyl (C=O) groups excluding carboxylic acids is 1. The van der Waals surface area contributed by atoms with Crippen molar-refractivity contribution in [2.75, 3.05) is 31.1 Å². The Morgan fingerprint density at radius 1 is 1.03 bits per heavy atom. The molecule has 0 aromatic heterocycles. The number of hydrogen-bond donors (Lipinski definition) is 1. The zero-order chi connectivity index (χ0) is 22.1. The maximum absolute atomic E-state index is 14.0. The number of amides is 1. The SMILES string of the molecule is Cc1c(CC(=O)O)cc2ccc(F)cc2c1C(=O)N1CCN(c2ccc(Cl)cc2)CC1. The van der Waals surface area contributed by atoms with Crippen molar-refractivity contribution in [3.8, 4) is 0 Å². The van der Waals surface area contributed by atoms with Crippen molar-refractivity contribution in [3.63, 3.8) is 0 Å². The molecule has 31 heavy (non-hydrogen) atoms. The summed E-state index contributed by atoms with van der Waals surface area (Å²) in [6.07, 6.45) is -0.191. The predicted molar refractivity (Wildman–Crippen MR) is 120 cm³/mol. The van der Waals surface area contributed by atoms with Crippen LogP contribution in [0, 0.1) is 12.7 Å². The van der Waals surface area contributed by atoms with Crippen molar-refractivity contribution < 1.29 is 19.1 Å². The first kappa shape index (κ1) is 21.1. The maximum atomic E-state index is 14.0. The van der Waals surface area contributed by atoms with Gasteiger partial charge >= 0.3 is 5.97 Å². The molecule has 1 amide bonds. The lowest BCUT2D eigenvalue weighted by molar-refractivity contribution is -0.136. The Morgan fingerprint density at radius 3 is 2.35 bits per heavy atom. The third kappa shape index (κ3) is 4.35. The summed E-state index contributed by atoms with van der Waals surface area (Å²) in [5.41, 5.74) is 2.58. The number of fused-ring (bicyclic) bond motifs is 1. The van der Waals surface area contributed by atoms with Crippen LogP contribution in [-0.2, 0) is 11.2 Å². The van der Waals surface area contributed by atoms with Crippen molar-refractivity contribution in [1.82, 2.24) is 4.90 Å². The number of anilines is 1. The highest BCUT2D eigenvalue weighted by Crippen LogP contribution is 2.29. The van der Waals surface area contributed by atoms with Crippen LogP contribution in [0.2, 0.25) is 5.02 Å². The van der Waals surface area contributed by atoms with Crippen LogP contribution >= 0.6 is 11.6 Å². The molecule has 1 heterocycles. The number of benzene rings is 3. The van der Waals surface area contributed by atoms with E-state index >= 15 is 0 Å². The van der Waals surface area contributed by atoms with Crippen LogP contribution in [0.3, 0.4) is 0 Å². The Hall–Kier alpha value is -3.12. The van der Waals surface area contributed by atoms with Gasteiger partial charge < -0.3 is 14.9 Å². The number of rotatable bonds is 4. The molecule has 0 atom stereocenters. The minimum atomic E-state index is -0.973. The summed E-state index contributed by atoms with van der Waals surface area (Å²) in [4.78, 5) is 28.7. The van der Waals surface area contributed by atoms with Gasteiger partial charge in [-0.15, -0.1) is 0 Å². The molecule has 7 heteroatoms. The van der Waals surface area contributed by atoms with Gasteiger partial charge in [0, 0.05) is 36.9 Å². The first-order valence-electron chi connectivity index (χ1n) is 10.1. The molecule has 0 radical (unpaired) electrons. The second-order valence-electron chi connectivity index (χ2n) is 7.73. The topological polar surface area (TPSA) is 60.9 Å². The molecule has 1 aliphatic rings. The van der Waals surface area contributed by atoms with Gasteiger partial charge in [-0.05, 0) is 65.2 Å². The first-order chi connectivity index (χ1) is 14.8. The largest absolute Gasteiger partial charge is 0.481 e. The second kappa shape index (κ2) is 8.55. The highest BCUT2D eigenvalue weighted by Gasteiger charge is 2.26. The molecule has 3 aromatic rings. The zero-order valence-corrected chi connectivity index (χ0v) is 17.8. The number of piperazine rings is 1. The number of aliphatic carboxylic acids is 1. The Labute approximate surface area is 184 Å². The Kier molecular flexibility index (Phi) is 5.83. The van der Waals surface area contributed by atoms with Crippen molar-refractivity contribution in [2.24, 2.45) is 0 Å². The van der Waals surface area contributed by atoms with Crippen LogP contribution in [0.4, 0.5) is 10.1 Å². The molecule has 5 nitrogen and oxygen atoms in total. The molecule has 1 fully saturated rings. The summed E-state index contributed by atoms with van der Waals surface area (Å²) in [5.74, 6) is -1.60. The van der Waals surface area contributed by atoms with Gasteiger partial charge in [0.05, 0.1) is 12.0 Å². The van der Waals surface area contributed by atoms with Gasteiger partial charge in [0.15, 0.2) is 0 Å². The molecular formula is C24H22ClFN2O3. The Morgan fingerprint density at radius 2 is 1.71 bits per heavy atom. The third-order valence-corrected chi connectivity index (χ3v) is 6.04. The third-order valence-electron chi connectivity index (χ3n) is 5.79. The van der Waals surface area contributed by atoms with Gasteiger partial charge in [0.25, 0.3) is 5.91 Å². The smallest absolute Gasteiger partial charge is 0.307 e. The van der Waals surface area contributed by atoms with Gasteiger partial charge in [0.1, 0.15) is 5.82 Å². The number of carboxylic acid groups (broad SMARTS) is 1. The summed E-state index contributed by atoms with van der Waals surface area (Å²) in [6, 6.07) is 13.6. The number of carbonyl (C=O) groups is 2. The van der Waals surface area contributed by atoms with E-state index in [4.69, 9.17) is 11.6 Å². The van der Waals surface area contributed by atoms with Crippen LogP contribution in [0.5, 0.6) is 0 Å². The Bertz CT molecular complexity index is 1160. The fraction of sp³-hybridized carbons (Fsp3) is 0.250. The lowest BCUT2D eigenvalue weighted by Crippen LogP contribution is -2.49. The normalized spacial score (nSPS) is 14.2. The van der Waals surface area contributed by atoms with Gasteiger partial charge in [-0.25, -0.2) is 4.39 Å². The van der Waals surface area contributed by atoms with E-state index in [9.17, 15) is 19.1 Å². The van der Waals surface area contributed by atoms with E-state index in [1.54, 1.807) is 24.0 Å². The fourth-order valence-electron chi connectivity index (χ4n) is 4.13. The Balaban J connectivity index is 1.64. The van der Waals surface area contributed by atoms with E-state index in [2.05, 4.69) is 4.90 Å². The quantitative estimate of drug-likeness (QED) is 0.647. The van der Waals surface area contributed by atoms with Crippen LogP contribution in [0.25, 0.3) is 10.8 Å². The number of carboxylic acids is 1. The van der Waals surface area contributed by atoms with Crippen LogP contribution < -0.4 is 4.90 Å². The van der Waals surface area contributed by atoms with E-state index in [1.165, 1.54) is 12.1 Å². The lowest BCUT2D eigenvalue weighted by Gasteiger charge is -2.36. The van der Waals surface area contributed by atoms with Crippen molar-refractivity contribution in [1.29, 1.82) is 0 Å². The van der Waals surface area contributed by atoms with Gasteiger partial charge in [-0.1, -0.05) is 23.7 Å². The van der Waals surface area contributed by atoms with E-state index in [1.807, 2.05) is 24.3 Å². The molecule has 160 valence electrons. The molecule has 1 saturated heterocycles. The summed E-state index contributed by atoms with van der Waals surface area (Å²) >= 11 is 5.97. The molecule has 1 N–H and O–H groups in total. The van der Waals surface area contributed by atoms with E-state index in [0.717, 1.165) is 5.69 Å². The standard InChI is InChI=1S/C24H22ClFN2O3/c1-15-17(13-22(29)30)12-16-2-5-19(26)14-21(16)23(15)24(31)28-10-8-27(9-11-28)20-6-3-18(25)4-7-20/h2-7,12,14H,8-11,13H2,1H3,(H,29,30). The van der Waals surface area contributed by atoms with Crippen molar-refractivity contribution in [2.45, 2.75) is 13.3 Å². The highest BCUT2D eigenvalue weighted by atomic mass is 35.5. The zero-order valence-electron chi connectivity index (χ0n) is 17.1. The summed E-state index contributed by atoms with van der Waals surface area (Å²) in [7, 11) is 0. The highest BCUT2D eigenvalue weighted by molar-refractivity contribution is 6.30. The molecule has 0 unspecified atom stereocenters. The molecule has 0 saturated carbocycles. The van der Waals surface area contributed by atoms with Gasteiger partial charge in [-0.2, -0.15) is 0 Å². The fourth-order valence-corrected chi connectivity index (χ4v) is 4.26. The molecule has 0 spiro atoms. The first-order valence-corrected chi connectivity index (χ1v) is 10.4. The summed E-state index contributed by atoms with van der Waals surface area (Å²) < 4.78 is 14.0. The number of nitrogens with zero attached hydrogens (tertiary/aromatic N) is 2. The lowest BCUT2D eigenvalue weighted by atomic mass is 9.92. The summed E-state index contributed by atoms with van der Waals surface area (Å²) in [5, 5.41) is 11.1. The minimum absolute atomic E-state index is 0.191. The van der Waals surface area contributed by atoms with Gasteiger partial charge in [0.2, 0.25) is 0 Å². The van der Waals surface area contributed by atoms with E-state index < -0.39 is 11.8 Å². The minimum Gasteiger partial charge on any atom is -0.481 e. The molecular weight excluding hydrogens is 419 g/mol. The van der Waals surface area contributed by atoms with Gasteiger partial charge in [-0.3, -0.25) is 9.59 Å². The van der Waals surface area contributed by atoms with Crippen LogP contribution in [-0.4, -0.2) is 48.1 Å².